The third-order valence-corrected chi connectivity index (χ3v) is 6.19. The first kappa shape index (κ1) is 20.6. The molecule has 4 nitrogen and oxygen atoms in total. The number of benzene rings is 2. The number of aliphatic carboxylic acids is 1. The van der Waals surface area contributed by atoms with Gasteiger partial charge in [-0.1, -0.05) is 60.7 Å². The minimum Gasteiger partial charge on any atom is -0.550 e. The van der Waals surface area contributed by atoms with E-state index < -0.39 is 28.7 Å². The second-order valence-corrected chi connectivity index (χ2v) is 8.70. The summed E-state index contributed by atoms with van der Waals surface area (Å²) in [6.45, 7) is 5.46. The normalized spacial score (nSPS) is 24.6. The quantitative estimate of drug-likeness (QED) is 0.835. The molecule has 0 radical (unpaired) electrons. The predicted octanol–water partition coefficient (Wildman–Crippen LogP) is 2.92. The van der Waals surface area contributed by atoms with Gasteiger partial charge in [-0.25, -0.2) is 0 Å². The van der Waals surface area contributed by atoms with Gasteiger partial charge in [0.25, 0.3) is 0 Å². The Bertz CT molecular complexity index is 758. The molecular formula is C24H29O4-. The molecule has 150 valence electrons. The molecule has 0 saturated carbocycles. The van der Waals surface area contributed by atoms with Gasteiger partial charge in [0.2, 0.25) is 0 Å². The number of carbonyl (C=O) groups excluding carboxylic acids is 1. The zero-order valence-electron chi connectivity index (χ0n) is 16.9. The van der Waals surface area contributed by atoms with Crippen LogP contribution in [0.1, 0.15) is 44.7 Å². The number of carboxylic acid groups (broad SMARTS) is 1. The number of carbonyl (C=O) groups is 1. The van der Waals surface area contributed by atoms with Gasteiger partial charge in [0.15, 0.2) is 0 Å². The Hall–Kier alpha value is -2.17. The first-order chi connectivity index (χ1) is 13.2. The maximum atomic E-state index is 12.0. The van der Waals surface area contributed by atoms with Crippen LogP contribution in [0.3, 0.4) is 0 Å². The van der Waals surface area contributed by atoms with Crippen molar-refractivity contribution in [1.82, 2.24) is 0 Å². The van der Waals surface area contributed by atoms with Crippen LogP contribution in [-0.4, -0.2) is 27.9 Å². The highest BCUT2D eigenvalue weighted by molar-refractivity contribution is 5.69. The van der Waals surface area contributed by atoms with Crippen LogP contribution in [0, 0.1) is 5.92 Å². The van der Waals surface area contributed by atoms with Crippen molar-refractivity contribution in [3.8, 4) is 0 Å². The van der Waals surface area contributed by atoms with E-state index in [1.54, 1.807) is 13.8 Å². The van der Waals surface area contributed by atoms with Crippen molar-refractivity contribution in [2.45, 2.75) is 63.3 Å². The van der Waals surface area contributed by atoms with E-state index in [1.165, 1.54) is 0 Å². The fourth-order valence-electron chi connectivity index (χ4n) is 4.50. The molecule has 2 atom stereocenters. The monoisotopic (exact) mass is 381 g/mol. The molecule has 1 saturated heterocycles. The van der Waals surface area contributed by atoms with Crippen molar-refractivity contribution in [2.24, 2.45) is 5.92 Å². The van der Waals surface area contributed by atoms with E-state index in [0.717, 1.165) is 11.1 Å². The molecule has 0 bridgehead atoms. The topological polar surface area (TPSA) is 69.6 Å². The van der Waals surface area contributed by atoms with Gasteiger partial charge in [0.1, 0.15) is 5.60 Å². The summed E-state index contributed by atoms with van der Waals surface area (Å²) in [5, 5.41) is 23.5. The molecule has 1 N–H and O–H groups in total. The van der Waals surface area contributed by atoms with Crippen molar-refractivity contribution in [1.29, 1.82) is 0 Å². The van der Waals surface area contributed by atoms with Crippen LogP contribution in [-0.2, 0) is 22.4 Å². The van der Waals surface area contributed by atoms with Gasteiger partial charge in [-0.15, -0.1) is 0 Å². The van der Waals surface area contributed by atoms with Crippen LogP contribution >= 0.6 is 0 Å². The summed E-state index contributed by atoms with van der Waals surface area (Å²) in [5.41, 5.74) is -0.971. The Kier molecular flexibility index (Phi) is 5.64. The van der Waals surface area contributed by atoms with E-state index in [0.29, 0.717) is 25.7 Å². The lowest BCUT2D eigenvalue weighted by Crippen LogP contribution is -2.64. The molecular weight excluding hydrogens is 352 g/mol. The molecule has 0 aromatic heterocycles. The van der Waals surface area contributed by atoms with Gasteiger partial charge in [0.05, 0.1) is 11.2 Å². The second-order valence-electron chi connectivity index (χ2n) is 8.70. The van der Waals surface area contributed by atoms with Crippen LogP contribution < -0.4 is 5.11 Å². The van der Waals surface area contributed by atoms with Crippen molar-refractivity contribution in [2.75, 3.05) is 0 Å². The fraction of sp³-hybridized carbons (Fsp3) is 0.458. The van der Waals surface area contributed by atoms with E-state index in [4.69, 9.17) is 4.74 Å². The number of aliphatic hydroxyl groups is 1. The lowest BCUT2D eigenvalue weighted by Gasteiger charge is -2.55. The molecule has 2 aromatic carbocycles. The smallest absolute Gasteiger partial charge is 0.101 e. The van der Waals surface area contributed by atoms with Crippen molar-refractivity contribution in [3.63, 3.8) is 0 Å². The average Bonchev–Trinajstić information content (AvgIpc) is 2.62. The summed E-state index contributed by atoms with van der Waals surface area (Å²) in [7, 11) is 0. The maximum Gasteiger partial charge on any atom is 0.101 e. The Balaban J connectivity index is 1.97. The average molecular weight is 381 g/mol. The molecule has 0 unspecified atom stereocenters. The summed E-state index contributed by atoms with van der Waals surface area (Å²) in [6, 6.07) is 19.7. The van der Waals surface area contributed by atoms with Crippen molar-refractivity contribution >= 4 is 5.97 Å². The first-order valence-corrected chi connectivity index (χ1v) is 9.86. The Morgan fingerprint density at radius 1 is 1.04 bits per heavy atom. The van der Waals surface area contributed by atoms with Gasteiger partial charge in [-0.3, -0.25) is 0 Å². The third kappa shape index (κ3) is 4.13. The second kappa shape index (κ2) is 7.69. The molecule has 0 amide bonds. The number of rotatable bonds is 6. The minimum atomic E-state index is -1.19. The number of carboxylic acids is 1. The summed E-state index contributed by atoms with van der Waals surface area (Å²) in [5.74, 6) is -1.79. The molecule has 1 fully saturated rings. The van der Waals surface area contributed by atoms with Crippen LogP contribution in [0.4, 0.5) is 0 Å². The van der Waals surface area contributed by atoms with E-state index in [-0.39, 0.29) is 0 Å². The Morgan fingerprint density at radius 2 is 1.50 bits per heavy atom. The Labute approximate surface area is 167 Å². The summed E-state index contributed by atoms with van der Waals surface area (Å²) >= 11 is 0. The fourth-order valence-corrected chi connectivity index (χ4v) is 4.50. The van der Waals surface area contributed by atoms with Gasteiger partial charge < -0.3 is 19.7 Å². The van der Waals surface area contributed by atoms with E-state index in [2.05, 4.69) is 0 Å². The van der Waals surface area contributed by atoms with E-state index >= 15 is 0 Å². The highest BCUT2D eigenvalue weighted by Crippen LogP contribution is 2.46. The molecule has 1 heterocycles. The van der Waals surface area contributed by atoms with Crippen molar-refractivity contribution in [3.05, 3.63) is 71.8 Å². The highest BCUT2D eigenvalue weighted by atomic mass is 16.5. The lowest BCUT2D eigenvalue weighted by molar-refractivity contribution is -0.331. The summed E-state index contributed by atoms with van der Waals surface area (Å²) < 4.78 is 6.37. The van der Waals surface area contributed by atoms with Crippen molar-refractivity contribution < 1.29 is 19.7 Å². The first-order valence-electron chi connectivity index (χ1n) is 9.86. The zero-order chi connectivity index (χ0) is 20.4. The van der Waals surface area contributed by atoms with Crippen LogP contribution in [0.5, 0.6) is 0 Å². The van der Waals surface area contributed by atoms with Crippen LogP contribution in [0.2, 0.25) is 0 Å². The molecule has 2 aromatic rings. The van der Waals surface area contributed by atoms with Gasteiger partial charge in [-0.05, 0) is 44.7 Å². The maximum absolute atomic E-state index is 12.0. The van der Waals surface area contributed by atoms with E-state index in [9.17, 15) is 15.0 Å². The largest absolute Gasteiger partial charge is 0.550 e. The third-order valence-electron chi connectivity index (χ3n) is 6.19. The molecule has 28 heavy (non-hydrogen) atoms. The van der Waals surface area contributed by atoms with Gasteiger partial charge >= 0.3 is 0 Å². The molecule has 3 rings (SSSR count). The van der Waals surface area contributed by atoms with Crippen LogP contribution in [0.15, 0.2) is 60.7 Å². The van der Waals surface area contributed by atoms with Gasteiger partial charge in [0, 0.05) is 24.7 Å². The summed E-state index contributed by atoms with van der Waals surface area (Å²) in [6.07, 6.45) is 1.71. The lowest BCUT2D eigenvalue weighted by atomic mass is 9.68. The molecule has 4 heteroatoms. The number of hydrogen-bond donors (Lipinski definition) is 1. The standard InChI is InChI=1S/C24H30O4/c1-22(2)20(21(25)26)14-15-23(3,28-22)24(27,16-18-10-6-4-7-11-18)17-19-12-8-5-9-13-19/h4-13,20,27H,14-17H2,1-3H3,(H,25,26)/p-1/t20-,23-/m0/s1. The Morgan fingerprint density at radius 3 is 1.89 bits per heavy atom. The zero-order valence-corrected chi connectivity index (χ0v) is 16.9. The van der Waals surface area contributed by atoms with Crippen LogP contribution in [0.25, 0.3) is 0 Å². The molecule has 0 aliphatic carbocycles. The molecule has 1 aliphatic heterocycles. The highest BCUT2D eigenvalue weighted by Gasteiger charge is 2.54. The van der Waals surface area contributed by atoms with E-state index in [1.807, 2.05) is 67.6 Å². The number of ether oxygens (including phenoxy) is 1. The molecule has 0 spiro atoms. The predicted molar refractivity (Wildman–Crippen MR) is 107 cm³/mol. The minimum absolute atomic E-state index is 0.414. The summed E-state index contributed by atoms with van der Waals surface area (Å²) in [4.78, 5) is 11.6. The molecule has 1 aliphatic rings. The SMILES string of the molecule is CC1(C)O[C@](C)(C(O)(Cc2ccccc2)Cc2ccccc2)CC[C@H]1C(=O)[O-]. The number of hydrogen-bond acceptors (Lipinski definition) is 4. The van der Waals surface area contributed by atoms with Gasteiger partial charge in [-0.2, -0.15) is 0 Å².